The number of hydrogen-bond donors (Lipinski definition) is 3. The van der Waals surface area contributed by atoms with Gasteiger partial charge in [-0.15, -0.1) is 0 Å². The molecule has 1 aliphatic carbocycles. The molecule has 0 saturated heterocycles. The predicted molar refractivity (Wildman–Crippen MR) is 179 cm³/mol. The molecule has 0 radical (unpaired) electrons. The first-order chi connectivity index (χ1) is 21.5. The number of amides is 3. The Labute approximate surface area is 277 Å². The summed E-state index contributed by atoms with van der Waals surface area (Å²) in [5, 5.41) is 16.1. The number of aromatic hydroxyl groups is 1. The summed E-state index contributed by atoms with van der Waals surface area (Å²) in [6, 6.07) is 11.9. The number of phenolic OH excluding ortho intramolecular Hbond substituents is 1. The van der Waals surface area contributed by atoms with Gasteiger partial charge in [-0.1, -0.05) is 49.4 Å². The molecule has 0 aliphatic heterocycles. The van der Waals surface area contributed by atoms with Gasteiger partial charge in [-0.2, -0.15) is 11.8 Å². The fourth-order valence-corrected chi connectivity index (χ4v) is 5.57. The van der Waals surface area contributed by atoms with Crippen LogP contribution in [-0.4, -0.2) is 75.2 Å². The van der Waals surface area contributed by atoms with Gasteiger partial charge in [0.25, 0.3) is 0 Å². The molecule has 1 aliphatic rings. The van der Waals surface area contributed by atoms with Crippen molar-refractivity contribution in [3.63, 3.8) is 0 Å². The van der Waals surface area contributed by atoms with E-state index in [-0.39, 0.29) is 24.1 Å². The van der Waals surface area contributed by atoms with Crippen LogP contribution in [0.15, 0.2) is 54.6 Å². The first-order valence-corrected chi connectivity index (χ1v) is 17.0. The molecule has 3 amide bonds. The Kier molecular flexibility index (Phi) is 12.5. The number of carbonyl (C=O) groups excluding carboxylic acids is 4. The highest BCUT2D eigenvalue weighted by Crippen LogP contribution is 2.41. The van der Waals surface area contributed by atoms with Crippen LogP contribution in [0.25, 0.3) is 0 Å². The number of rotatable bonds is 13. The van der Waals surface area contributed by atoms with E-state index in [1.165, 1.54) is 28.8 Å². The van der Waals surface area contributed by atoms with Crippen LogP contribution in [0.5, 0.6) is 5.75 Å². The third kappa shape index (κ3) is 11.3. The van der Waals surface area contributed by atoms with Crippen LogP contribution in [0.3, 0.4) is 0 Å². The van der Waals surface area contributed by atoms with E-state index in [4.69, 9.17) is 9.47 Å². The SMILES string of the molecule is CSCCC(NC(=O)OC(C)(C)C)C(=O)N(C(C(=O)NC(Cc1ccccc1)C(=O)OC(C)(C)C)c1cccc(O)c1)C1CC1C. The first kappa shape index (κ1) is 36.7. The van der Waals surface area contributed by atoms with E-state index in [2.05, 4.69) is 10.6 Å². The molecular weight excluding hydrogens is 606 g/mol. The Morgan fingerprint density at radius 3 is 2.11 bits per heavy atom. The molecule has 252 valence electrons. The minimum Gasteiger partial charge on any atom is -0.508 e. The molecule has 0 spiro atoms. The third-order valence-corrected chi connectivity index (χ3v) is 7.93. The number of nitrogens with one attached hydrogen (secondary N) is 2. The molecular formula is C35H49N3O7S. The summed E-state index contributed by atoms with van der Waals surface area (Å²) in [4.78, 5) is 56.8. The van der Waals surface area contributed by atoms with Gasteiger partial charge in [0.05, 0.1) is 0 Å². The topological polar surface area (TPSA) is 134 Å². The summed E-state index contributed by atoms with van der Waals surface area (Å²) in [5.41, 5.74) is -0.394. The average molecular weight is 656 g/mol. The minimum atomic E-state index is -1.22. The quantitative estimate of drug-likeness (QED) is 0.245. The maximum Gasteiger partial charge on any atom is 0.408 e. The second kappa shape index (κ2) is 15.7. The predicted octanol–water partition coefficient (Wildman–Crippen LogP) is 5.39. The van der Waals surface area contributed by atoms with Gasteiger partial charge in [-0.25, -0.2) is 9.59 Å². The van der Waals surface area contributed by atoms with Crippen LogP contribution in [0.2, 0.25) is 0 Å². The molecule has 3 N–H and O–H groups in total. The molecule has 2 aromatic carbocycles. The molecule has 1 fully saturated rings. The lowest BCUT2D eigenvalue weighted by molar-refractivity contribution is -0.159. The highest BCUT2D eigenvalue weighted by Gasteiger charge is 2.48. The molecule has 3 rings (SSSR count). The van der Waals surface area contributed by atoms with Crippen molar-refractivity contribution in [2.75, 3.05) is 12.0 Å². The molecule has 2 aromatic rings. The normalized spacial score (nSPS) is 18.0. The van der Waals surface area contributed by atoms with E-state index in [0.29, 0.717) is 24.2 Å². The summed E-state index contributed by atoms with van der Waals surface area (Å²) in [7, 11) is 0. The molecule has 1 saturated carbocycles. The van der Waals surface area contributed by atoms with E-state index in [9.17, 15) is 24.3 Å². The Balaban J connectivity index is 2.05. The smallest absolute Gasteiger partial charge is 0.408 e. The zero-order valence-electron chi connectivity index (χ0n) is 28.2. The van der Waals surface area contributed by atoms with Crippen LogP contribution in [0.4, 0.5) is 4.79 Å². The van der Waals surface area contributed by atoms with E-state index in [1.54, 1.807) is 53.7 Å². The minimum absolute atomic E-state index is 0.0784. The summed E-state index contributed by atoms with van der Waals surface area (Å²) >= 11 is 1.53. The van der Waals surface area contributed by atoms with Gasteiger partial charge in [0.1, 0.15) is 35.1 Å². The van der Waals surface area contributed by atoms with Crippen molar-refractivity contribution >= 4 is 35.6 Å². The summed E-state index contributed by atoms with van der Waals surface area (Å²) in [6.07, 6.45) is 2.29. The Hall–Kier alpha value is -3.73. The van der Waals surface area contributed by atoms with Gasteiger partial charge >= 0.3 is 12.1 Å². The Morgan fingerprint density at radius 1 is 0.935 bits per heavy atom. The van der Waals surface area contributed by atoms with Gasteiger partial charge in [-0.05, 0) is 95.6 Å². The molecule has 0 bridgehead atoms. The number of phenols is 1. The van der Waals surface area contributed by atoms with E-state index < -0.39 is 53.2 Å². The van der Waals surface area contributed by atoms with Crippen molar-refractivity contribution in [2.24, 2.45) is 5.92 Å². The zero-order valence-corrected chi connectivity index (χ0v) is 29.0. The van der Waals surface area contributed by atoms with Crippen molar-refractivity contribution < 1.29 is 33.8 Å². The van der Waals surface area contributed by atoms with E-state index in [0.717, 1.165) is 5.56 Å². The third-order valence-electron chi connectivity index (χ3n) is 7.28. The standard InChI is InChI=1S/C35H49N3O7S/c1-22-19-28(22)38(31(41)26(17-18-46-8)37-33(43)45-35(5,6)7)29(24-15-12-16-25(39)21-24)30(40)36-27(32(42)44-34(2,3)4)20-23-13-10-9-11-14-23/h9-16,21-22,26-29,39H,17-20H2,1-8H3,(H,36,40)(H,37,43). The molecule has 5 atom stereocenters. The van der Waals surface area contributed by atoms with Crippen LogP contribution in [-0.2, 0) is 30.3 Å². The monoisotopic (exact) mass is 655 g/mol. The number of nitrogens with zero attached hydrogens (tertiary/aromatic N) is 1. The molecule has 0 aromatic heterocycles. The fourth-order valence-electron chi connectivity index (χ4n) is 5.09. The number of esters is 1. The first-order valence-electron chi connectivity index (χ1n) is 15.7. The maximum atomic E-state index is 14.5. The summed E-state index contributed by atoms with van der Waals surface area (Å²) < 4.78 is 11.2. The highest BCUT2D eigenvalue weighted by atomic mass is 32.2. The molecule has 5 unspecified atom stereocenters. The number of ether oxygens (including phenoxy) is 2. The average Bonchev–Trinajstić information content (AvgIpc) is 3.67. The fraction of sp³-hybridized carbons (Fsp3) is 0.543. The van der Waals surface area contributed by atoms with Crippen molar-refractivity contribution in [1.82, 2.24) is 15.5 Å². The highest BCUT2D eigenvalue weighted by molar-refractivity contribution is 7.98. The lowest BCUT2D eigenvalue weighted by Crippen LogP contribution is -2.56. The largest absolute Gasteiger partial charge is 0.508 e. The van der Waals surface area contributed by atoms with Gasteiger partial charge in [0, 0.05) is 12.5 Å². The summed E-state index contributed by atoms with van der Waals surface area (Å²) in [5.74, 6) is -1.08. The Bertz CT molecular complexity index is 1360. The molecule has 46 heavy (non-hydrogen) atoms. The Morgan fingerprint density at radius 2 is 1.57 bits per heavy atom. The second-order valence-electron chi connectivity index (χ2n) is 13.8. The van der Waals surface area contributed by atoms with Gasteiger partial charge in [0.2, 0.25) is 11.8 Å². The lowest BCUT2D eigenvalue weighted by atomic mass is 10.00. The lowest BCUT2D eigenvalue weighted by Gasteiger charge is -2.36. The van der Waals surface area contributed by atoms with Crippen LogP contribution < -0.4 is 10.6 Å². The van der Waals surface area contributed by atoms with Crippen molar-refractivity contribution in [3.8, 4) is 5.75 Å². The van der Waals surface area contributed by atoms with E-state index in [1.807, 2.05) is 43.5 Å². The number of carbonyl (C=O) groups is 4. The molecule has 0 heterocycles. The summed E-state index contributed by atoms with van der Waals surface area (Å²) in [6.45, 7) is 12.5. The number of thioether (sulfide) groups is 1. The van der Waals surface area contributed by atoms with Gasteiger partial charge in [-0.3, -0.25) is 9.59 Å². The van der Waals surface area contributed by atoms with Crippen LogP contribution in [0.1, 0.15) is 78.5 Å². The zero-order chi connectivity index (χ0) is 34.2. The maximum absolute atomic E-state index is 14.5. The van der Waals surface area contributed by atoms with E-state index >= 15 is 0 Å². The van der Waals surface area contributed by atoms with Gasteiger partial charge in [0.15, 0.2) is 0 Å². The van der Waals surface area contributed by atoms with Crippen molar-refractivity contribution in [1.29, 1.82) is 0 Å². The van der Waals surface area contributed by atoms with Crippen molar-refractivity contribution in [2.45, 2.75) is 103 Å². The number of alkyl carbamates (subject to hydrolysis) is 1. The second-order valence-corrected chi connectivity index (χ2v) is 14.8. The van der Waals surface area contributed by atoms with Crippen molar-refractivity contribution in [3.05, 3.63) is 65.7 Å². The van der Waals surface area contributed by atoms with Gasteiger partial charge < -0.3 is 30.1 Å². The van der Waals surface area contributed by atoms with Crippen LogP contribution in [0, 0.1) is 5.92 Å². The molecule has 10 nitrogen and oxygen atoms in total. The molecule has 11 heteroatoms. The number of hydrogen-bond acceptors (Lipinski definition) is 8. The van der Waals surface area contributed by atoms with Crippen LogP contribution >= 0.6 is 11.8 Å². The number of benzene rings is 2.